The van der Waals surface area contributed by atoms with Crippen LogP contribution >= 0.6 is 11.8 Å². The monoisotopic (exact) mass is 387 g/mol. The van der Waals surface area contributed by atoms with Crippen molar-refractivity contribution >= 4 is 17.5 Å². The molecule has 3 rings (SSSR count). The highest BCUT2D eigenvalue weighted by Gasteiger charge is 2.19. The van der Waals surface area contributed by atoms with Gasteiger partial charge in [-0.3, -0.25) is 4.79 Å². The van der Waals surface area contributed by atoms with Gasteiger partial charge in [0.05, 0.1) is 37.4 Å². The van der Waals surface area contributed by atoms with E-state index >= 15 is 0 Å². The van der Waals surface area contributed by atoms with Crippen molar-refractivity contribution in [1.29, 1.82) is 0 Å². The Labute approximate surface area is 161 Å². The Hall–Kier alpha value is -2.74. The highest BCUT2D eigenvalue weighted by molar-refractivity contribution is 7.99. The molecule has 0 saturated carbocycles. The lowest BCUT2D eigenvalue weighted by molar-refractivity contribution is 0.101. The standard InChI is InChI=1S/C19H21N3O4S/c1-5-22-18(14-8-9-26-12(14)2)20-21-19(22)27-11-16(23)15-7-6-13(24-3)10-17(15)25-4/h6-10H,5,11H2,1-4H3. The quantitative estimate of drug-likeness (QED) is 0.429. The number of furan rings is 1. The van der Waals surface area contributed by atoms with E-state index in [9.17, 15) is 4.79 Å². The van der Waals surface area contributed by atoms with Gasteiger partial charge in [0.15, 0.2) is 16.8 Å². The molecule has 0 radical (unpaired) electrons. The molecular formula is C19H21N3O4S. The summed E-state index contributed by atoms with van der Waals surface area (Å²) in [5, 5.41) is 9.22. The second-order valence-electron chi connectivity index (χ2n) is 5.72. The molecule has 2 aromatic heterocycles. The molecule has 27 heavy (non-hydrogen) atoms. The van der Waals surface area contributed by atoms with Gasteiger partial charge >= 0.3 is 0 Å². The van der Waals surface area contributed by atoms with Gasteiger partial charge in [0.1, 0.15) is 17.3 Å². The van der Waals surface area contributed by atoms with Gasteiger partial charge in [0, 0.05) is 12.6 Å². The predicted octanol–water partition coefficient (Wildman–Crippen LogP) is 3.86. The Morgan fingerprint density at radius 2 is 2.04 bits per heavy atom. The molecule has 0 spiro atoms. The number of carbonyl (C=O) groups is 1. The van der Waals surface area contributed by atoms with Gasteiger partial charge in [-0.2, -0.15) is 0 Å². The fourth-order valence-corrected chi connectivity index (χ4v) is 3.62. The number of ether oxygens (including phenoxy) is 2. The summed E-state index contributed by atoms with van der Waals surface area (Å²) >= 11 is 1.35. The highest BCUT2D eigenvalue weighted by atomic mass is 32.2. The molecule has 2 heterocycles. The molecule has 0 saturated heterocycles. The molecule has 0 aliphatic heterocycles. The van der Waals surface area contributed by atoms with Crippen LogP contribution in [0.2, 0.25) is 0 Å². The highest BCUT2D eigenvalue weighted by Crippen LogP contribution is 2.29. The SMILES string of the molecule is CCn1c(SCC(=O)c2ccc(OC)cc2OC)nnc1-c1ccoc1C. The van der Waals surface area contributed by atoms with E-state index in [-0.39, 0.29) is 11.5 Å². The summed E-state index contributed by atoms with van der Waals surface area (Å²) in [6, 6.07) is 7.03. The van der Waals surface area contributed by atoms with Crippen LogP contribution in [0.4, 0.5) is 0 Å². The molecule has 0 N–H and O–H groups in total. The maximum atomic E-state index is 12.7. The molecule has 7 nitrogen and oxygen atoms in total. The van der Waals surface area contributed by atoms with Gasteiger partial charge in [0.2, 0.25) is 0 Å². The first-order chi connectivity index (χ1) is 13.1. The number of thioether (sulfide) groups is 1. The first-order valence-corrected chi connectivity index (χ1v) is 9.43. The maximum absolute atomic E-state index is 12.7. The van der Waals surface area contributed by atoms with Crippen LogP contribution in [-0.2, 0) is 6.54 Å². The van der Waals surface area contributed by atoms with Gasteiger partial charge in [-0.05, 0) is 32.0 Å². The minimum absolute atomic E-state index is 0.0498. The van der Waals surface area contributed by atoms with E-state index in [2.05, 4.69) is 10.2 Å². The average molecular weight is 387 g/mol. The van der Waals surface area contributed by atoms with Crippen molar-refractivity contribution < 1.29 is 18.7 Å². The first kappa shape index (κ1) is 19.0. The normalized spacial score (nSPS) is 10.8. The Kier molecular flexibility index (Phi) is 5.85. The molecule has 0 aliphatic rings. The molecule has 0 amide bonds. The number of hydrogen-bond donors (Lipinski definition) is 0. The van der Waals surface area contributed by atoms with Crippen molar-refractivity contribution in [3.63, 3.8) is 0 Å². The second kappa shape index (κ2) is 8.30. The molecule has 0 bridgehead atoms. The van der Waals surface area contributed by atoms with Crippen LogP contribution in [0.1, 0.15) is 23.0 Å². The first-order valence-electron chi connectivity index (χ1n) is 8.44. The molecule has 0 fully saturated rings. The number of methoxy groups -OCH3 is 2. The van der Waals surface area contributed by atoms with Crippen molar-refractivity contribution in [3.05, 3.63) is 41.9 Å². The number of hydrogen-bond acceptors (Lipinski definition) is 7. The van der Waals surface area contributed by atoms with Crippen molar-refractivity contribution in [1.82, 2.24) is 14.8 Å². The van der Waals surface area contributed by atoms with E-state index in [1.54, 1.807) is 31.6 Å². The van der Waals surface area contributed by atoms with Crippen molar-refractivity contribution in [2.24, 2.45) is 0 Å². The van der Waals surface area contributed by atoms with Gasteiger partial charge in [0.25, 0.3) is 0 Å². The lowest BCUT2D eigenvalue weighted by Crippen LogP contribution is -2.07. The summed E-state index contributed by atoms with van der Waals surface area (Å²) in [6.45, 7) is 4.59. The smallest absolute Gasteiger partial charge is 0.191 e. The zero-order chi connectivity index (χ0) is 19.4. The fraction of sp³-hybridized carbons (Fsp3) is 0.316. The minimum Gasteiger partial charge on any atom is -0.497 e. The number of nitrogens with zero attached hydrogens (tertiary/aromatic N) is 3. The number of aromatic nitrogens is 3. The van der Waals surface area contributed by atoms with Crippen LogP contribution in [-0.4, -0.2) is 40.5 Å². The molecule has 0 aliphatic carbocycles. The van der Waals surface area contributed by atoms with Crippen LogP contribution < -0.4 is 9.47 Å². The number of Topliss-reactive ketones (excluding diaryl/α,β-unsaturated/α-hetero) is 1. The average Bonchev–Trinajstić information content (AvgIpc) is 3.30. The Morgan fingerprint density at radius 1 is 1.22 bits per heavy atom. The summed E-state index contributed by atoms with van der Waals surface area (Å²) in [6.07, 6.45) is 1.63. The Balaban J connectivity index is 1.78. The third-order valence-corrected chi connectivity index (χ3v) is 5.14. The van der Waals surface area contributed by atoms with Gasteiger partial charge in [-0.15, -0.1) is 10.2 Å². The fourth-order valence-electron chi connectivity index (χ4n) is 2.73. The molecule has 0 unspecified atom stereocenters. The van der Waals surface area contributed by atoms with Gasteiger partial charge in [-0.25, -0.2) is 0 Å². The third-order valence-electron chi connectivity index (χ3n) is 4.17. The number of aryl methyl sites for hydroxylation is 1. The largest absolute Gasteiger partial charge is 0.497 e. The number of carbonyl (C=O) groups excluding carboxylic acids is 1. The van der Waals surface area contributed by atoms with Gasteiger partial charge < -0.3 is 18.5 Å². The van der Waals surface area contributed by atoms with E-state index < -0.39 is 0 Å². The zero-order valence-corrected chi connectivity index (χ0v) is 16.5. The molecule has 3 aromatic rings. The summed E-state index contributed by atoms with van der Waals surface area (Å²) < 4.78 is 17.8. The zero-order valence-electron chi connectivity index (χ0n) is 15.7. The lowest BCUT2D eigenvalue weighted by Gasteiger charge is -2.10. The molecule has 8 heteroatoms. The second-order valence-corrected chi connectivity index (χ2v) is 6.66. The number of benzene rings is 1. The Bertz CT molecular complexity index is 948. The molecular weight excluding hydrogens is 366 g/mol. The number of ketones is 1. The van der Waals surface area contributed by atoms with E-state index in [0.29, 0.717) is 28.8 Å². The van der Waals surface area contributed by atoms with Crippen LogP contribution in [0.5, 0.6) is 11.5 Å². The van der Waals surface area contributed by atoms with Crippen LogP contribution in [0.15, 0.2) is 40.1 Å². The summed E-state index contributed by atoms with van der Waals surface area (Å²) in [4.78, 5) is 12.7. The molecule has 0 atom stereocenters. The van der Waals surface area contributed by atoms with Crippen LogP contribution in [0.25, 0.3) is 11.4 Å². The van der Waals surface area contributed by atoms with Gasteiger partial charge in [-0.1, -0.05) is 11.8 Å². The summed E-state index contributed by atoms with van der Waals surface area (Å²) in [7, 11) is 3.11. The number of rotatable bonds is 8. The third kappa shape index (κ3) is 3.85. The lowest BCUT2D eigenvalue weighted by atomic mass is 10.1. The van der Waals surface area contributed by atoms with Crippen molar-refractivity contribution in [2.75, 3.05) is 20.0 Å². The van der Waals surface area contributed by atoms with E-state index in [0.717, 1.165) is 17.1 Å². The predicted molar refractivity (Wildman–Crippen MR) is 103 cm³/mol. The van der Waals surface area contributed by atoms with Crippen molar-refractivity contribution in [3.8, 4) is 22.9 Å². The topological polar surface area (TPSA) is 79.4 Å². The molecule has 142 valence electrons. The Morgan fingerprint density at radius 3 is 2.67 bits per heavy atom. The minimum atomic E-state index is -0.0498. The molecule has 1 aromatic carbocycles. The summed E-state index contributed by atoms with van der Waals surface area (Å²) in [5.41, 5.74) is 1.42. The maximum Gasteiger partial charge on any atom is 0.191 e. The van der Waals surface area contributed by atoms with Crippen LogP contribution in [0, 0.1) is 6.92 Å². The summed E-state index contributed by atoms with van der Waals surface area (Å²) in [5.74, 6) is 2.83. The van der Waals surface area contributed by atoms with E-state index in [4.69, 9.17) is 13.9 Å². The van der Waals surface area contributed by atoms with E-state index in [1.165, 1.54) is 18.9 Å². The van der Waals surface area contributed by atoms with Crippen molar-refractivity contribution in [2.45, 2.75) is 25.5 Å². The van der Waals surface area contributed by atoms with E-state index in [1.807, 2.05) is 24.5 Å². The van der Waals surface area contributed by atoms with Crippen LogP contribution in [0.3, 0.4) is 0 Å².